The Labute approximate surface area is 73.6 Å². The SMILES string of the molecule is [CH2]CC(N)c1ccccc1CN. The van der Waals surface area contributed by atoms with E-state index in [1.54, 1.807) is 0 Å². The topological polar surface area (TPSA) is 52.0 Å². The molecule has 0 spiro atoms. The lowest BCUT2D eigenvalue weighted by Gasteiger charge is -2.12. The minimum absolute atomic E-state index is 0.0183. The van der Waals surface area contributed by atoms with Gasteiger partial charge in [0.15, 0.2) is 0 Å². The summed E-state index contributed by atoms with van der Waals surface area (Å²) >= 11 is 0. The van der Waals surface area contributed by atoms with Crippen LogP contribution in [0.5, 0.6) is 0 Å². The van der Waals surface area contributed by atoms with E-state index < -0.39 is 0 Å². The van der Waals surface area contributed by atoms with E-state index in [-0.39, 0.29) is 6.04 Å². The Hall–Kier alpha value is -0.860. The maximum absolute atomic E-state index is 5.85. The van der Waals surface area contributed by atoms with Crippen LogP contribution < -0.4 is 11.5 Å². The summed E-state index contributed by atoms with van der Waals surface area (Å²) in [5, 5.41) is 0. The van der Waals surface area contributed by atoms with Gasteiger partial charge in [0.2, 0.25) is 0 Å². The summed E-state index contributed by atoms with van der Waals surface area (Å²) in [6, 6.07) is 7.98. The molecule has 2 heteroatoms. The van der Waals surface area contributed by atoms with Crippen LogP contribution in [0.15, 0.2) is 24.3 Å². The zero-order valence-electron chi connectivity index (χ0n) is 7.16. The number of rotatable bonds is 3. The van der Waals surface area contributed by atoms with Crippen LogP contribution in [-0.4, -0.2) is 0 Å². The minimum atomic E-state index is 0.0183. The van der Waals surface area contributed by atoms with Gasteiger partial charge in [-0.15, -0.1) is 0 Å². The quantitative estimate of drug-likeness (QED) is 0.707. The highest BCUT2D eigenvalue weighted by molar-refractivity contribution is 5.29. The molecule has 1 radical (unpaired) electrons. The molecule has 1 unspecified atom stereocenters. The van der Waals surface area contributed by atoms with E-state index in [4.69, 9.17) is 11.5 Å². The fourth-order valence-corrected chi connectivity index (χ4v) is 1.24. The van der Waals surface area contributed by atoms with Crippen molar-refractivity contribution in [3.05, 3.63) is 42.3 Å². The van der Waals surface area contributed by atoms with E-state index in [1.807, 2.05) is 24.3 Å². The predicted octanol–water partition coefficient (Wildman–Crippen LogP) is 1.37. The molecular formula is C10H15N2. The van der Waals surface area contributed by atoms with Gasteiger partial charge in [-0.2, -0.15) is 0 Å². The van der Waals surface area contributed by atoms with Crippen molar-refractivity contribution in [2.75, 3.05) is 0 Å². The van der Waals surface area contributed by atoms with Crippen LogP contribution in [0.25, 0.3) is 0 Å². The lowest BCUT2D eigenvalue weighted by atomic mass is 9.99. The van der Waals surface area contributed by atoms with Crippen molar-refractivity contribution in [2.45, 2.75) is 19.0 Å². The first-order valence-corrected chi connectivity index (χ1v) is 4.12. The summed E-state index contributed by atoms with van der Waals surface area (Å²) in [4.78, 5) is 0. The minimum Gasteiger partial charge on any atom is -0.326 e. The summed E-state index contributed by atoms with van der Waals surface area (Å²) in [6.07, 6.45) is 0.705. The van der Waals surface area contributed by atoms with Crippen LogP contribution in [0.4, 0.5) is 0 Å². The van der Waals surface area contributed by atoms with Gasteiger partial charge < -0.3 is 11.5 Å². The van der Waals surface area contributed by atoms with Crippen LogP contribution in [0.2, 0.25) is 0 Å². The van der Waals surface area contributed by atoms with E-state index in [9.17, 15) is 0 Å². The van der Waals surface area contributed by atoms with Gasteiger partial charge in [0, 0.05) is 12.6 Å². The third kappa shape index (κ3) is 1.84. The lowest BCUT2D eigenvalue weighted by molar-refractivity contribution is 0.726. The summed E-state index contributed by atoms with van der Waals surface area (Å²) in [5.74, 6) is 0. The molecule has 0 aliphatic carbocycles. The number of nitrogens with two attached hydrogens (primary N) is 2. The van der Waals surface area contributed by atoms with Gasteiger partial charge in [0.05, 0.1) is 0 Å². The maximum Gasteiger partial charge on any atom is 0.0298 e. The summed E-state index contributed by atoms with van der Waals surface area (Å²) in [5.41, 5.74) is 13.7. The standard InChI is InChI=1S/C10H15N2/c1-2-10(12)9-6-4-3-5-8(9)7-11/h3-6,10H,1-2,7,11-12H2. The normalized spacial score (nSPS) is 12.9. The molecule has 12 heavy (non-hydrogen) atoms. The fourth-order valence-electron chi connectivity index (χ4n) is 1.24. The Kier molecular flexibility index (Phi) is 3.26. The van der Waals surface area contributed by atoms with E-state index in [0.29, 0.717) is 13.0 Å². The second-order valence-corrected chi connectivity index (χ2v) is 2.80. The maximum atomic E-state index is 5.85. The smallest absolute Gasteiger partial charge is 0.0298 e. The highest BCUT2D eigenvalue weighted by Gasteiger charge is 2.06. The predicted molar refractivity (Wildman–Crippen MR) is 51.2 cm³/mol. The van der Waals surface area contributed by atoms with Crippen molar-refractivity contribution in [3.8, 4) is 0 Å². The zero-order valence-corrected chi connectivity index (χ0v) is 7.16. The van der Waals surface area contributed by atoms with Gasteiger partial charge in [-0.25, -0.2) is 0 Å². The van der Waals surface area contributed by atoms with Crippen LogP contribution in [0.1, 0.15) is 23.6 Å². The summed E-state index contributed by atoms with van der Waals surface area (Å²) < 4.78 is 0. The van der Waals surface area contributed by atoms with Crippen LogP contribution in [0, 0.1) is 6.92 Å². The van der Waals surface area contributed by atoms with Gasteiger partial charge in [-0.1, -0.05) is 31.2 Å². The molecule has 0 amide bonds. The van der Waals surface area contributed by atoms with Crippen molar-refractivity contribution in [3.63, 3.8) is 0 Å². The summed E-state index contributed by atoms with van der Waals surface area (Å²) in [7, 11) is 0. The molecular weight excluding hydrogens is 148 g/mol. The van der Waals surface area contributed by atoms with Crippen molar-refractivity contribution < 1.29 is 0 Å². The van der Waals surface area contributed by atoms with Gasteiger partial charge in [-0.3, -0.25) is 0 Å². The molecule has 0 aliphatic rings. The van der Waals surface area contributed by atoms with Gasteiger partial charge in [0.1, 0.15) is 0 Å². The lowest BCUT2D eigenvalue weighted by Crippen LogP contribution is -2.13. The Morgan fingerprint density at radius 3 is 2.58 bits per heavy atom. The molecule has 0 aromatic heterocycles. The van der Waals surface area contributed by atoms with Crippen molar-refractivity contribution in [2.24, 2.45) is 11.5 Å². The number of benzene rings is 1. The van der Waals surface area contributed by atoms with Crippen molar-refractivity contribution in [1.29, 1.82) is 0 Å². The molecule has 0 saturated carbocycles. The highest BCUT2D eigenvalue weighted by Crippen LogP contribution is 2.17. The largest absolute Gasteiger partial charge is 0.326 e. The average molecular weight is 163 g/mol. The molecule has 1 atom stereocenters. The second-order valence-electron chi connectivity index (χ2n) is 2.80. The molecule has 1 aromatic carbocycles. The van der Waals surface area contributed by atoms with Gasteiger partial charge in [-0.05, 0) is 17.5 Å². The van der Waals surface area contributed by atoms with Crippen LogP contribution in [0.3, 0.4) is 0 Å². The highest BCUT2D eigenvalue weighted by atomic mass is 14.6. The number of hydrogen-bond acceptors (Lipinski definition) is 2. The molecule has 0 heterocycles. The molecule has 0 saturated heterocycles. The van der Waals surface area contributed by atoms with Crippen LogP contribution >= 0.6 is 0 Å². The van der Waals surface area contributed by atoms with E-state index in [0.717, 1.165) is 11.1 Å². The van der Waals surface area contributed by atoms with Crippen LogP contribution in [-0.2, 0) is 6.54 Å². The second kappa shape index (κ2) is 4.24. The average Bonchev–Trinajstić information content (AvgIpc) is 2.16. The first kappa shape index (κ1) is 9.23. The number of hydrogen-bond donors (Lipinski definition) is 2. The molecule has 65 valence electrons. The first-order chi connectivity index (χ1) is 5.79. The molecule has 2 nitrogen and oxygen atoms in total. The Morgan fingerprint density at radius 2 is 2.00 bits per heavy atom. The van der Waals surface area contributed by atoms with E-state index in [1.165, 1.54) is 0 Å². The Bertz CT molecular complexity index is 245. The third-order valence-corrected chi connectivity index (χ3v) is 1.99. The zero-order chi connectivity index (χ0) is 8.97. The monoisotopic (exact) mass is 163 g/mol. The summed E-state index contributed by atoms with van der Waals surface area (Å²) in [6.45, 7) is 4.32. The molecule has 0 aliphatic heterocycles. The molecule has 1 aromatic rings. The Morgan fingerprint density at radius 1 is 1.33 bits per heavy atom. The van der Waals surface area contributed by atoms with E-state index >= 15 is 0 Å². The van der Waals surface area contributed by atoms with Gasteiger partial charge in [0.25, 0.3) is 0 Å². The van der Waals surface area contributed by atoms with E-state index in [2.05, 4.69) is 6.92 Å². The van der Waals surface area contributed by atoms with Crippen molar-refractivity contribution in [1.82, 2.24) is 0 Å². The molecule has 4 N–H and O–H groups in total. The third-order valence-electron chi connectivity index (χ3n) is 1.99. The molecule has 1 rings (SSSR count). The van der Waals surface area contributed by atoms with Gasteiger partial charge >= 0.3 is 0 Å². The Balaban J connectivity index is 2.96. The molecule has 0 bridgehead atoms. The fraction of sp³-hybridized carbons (Fsp3) is 0.300. The first-order valence-electron chi connectivity index (χ1n) is 4.12. The van der Waals surface area contributed by atoms with Crippen molar-refractivity contribution >= 4 is 0 Å². The molecule has 0 fully saturated rings.